The summed E-state index contributed by atoms with van der Waals surface area (Å²) in [5.41, 5.74) is 1.51. The minimum atomic E-state index is -3.99. The maximum atomic E-state index is 14.3. The standard InChI is InChI=1S/C29H34ClN3O6S3/c1-3-14-41(36,37)31-23-17-26(40-28(23)29(34)35)21-15-27-24(16-22(21)30)33(20-12-8-5-9-13-20)18-25(32(2)42(27,38)39)19-10-6-4-7-11-19/h5,8-9,12-13,15-17,19,25,31H,3-4,6-7,10-11,14,18H2,1-2H3,(H,34,35)/t25-/m0/s1. The van der Waals surface area contributed by atoms with Crippen LogP contribution in [0.5, 0.6) is 0 Å². The van der Waals surface area contributed by atoms with E-state index in [1.54, 1.807) is 20.0 Å². The molecule has 0 radical (unpaired) electrons. The number of halogens is 1. The number of nitrogens with one attached hydrogen (secondary N) is 1. The van der Waals surface area contributed by atoms with E-state index in [0.717, 1.165) is 49.1 Å². The Labute approximate surface area is 256 Å². The average Bonchev–Trinajstić information content (AvgIpc) is 3.33. The van der Waals surface area contributed by atoms with E-state index >= 15 is 0 Å². The van der Waals surface area contributed by atoms with Crippen LogP contribution in [0.1, 0.15) is 55.1 Å². The van der Waals surface area contributed by atoms with E-state index in [-0.39, 0.29) is 38.2 Å². The van der Waals surface area contributed by atoms with Gasteiger partial charge in [-0.3, -0.25) is 4.72 Å². The van der Waals surface area contributed by atoms with E-state index in [1.165, 1.54) is 16.4 Å². The number of hydrogen-bond donors (Lipinski definition) is 2. The second-order valence-corrected chi connectivity index (χ2v) is 16.1. The number of rotatable bonds is 8. The zero-order chi connectivity index (χ0) is 30.2. The van der Waals surface area contributed by atoms with Crippen LogP contribution in [0.25, 0.3) is 10.4 Å². The van der Waals surface area contributed by atoms with Crippen LogP contribution in [0.2, 0.25) is 5.02 Å². The van der Waals surface area contributed by atoms with Crippen LogP contribution in [0, 0.1) is 5.92 Å². The lowest BCUT2D eigenvalue weighted by Gasteiger charge is -2.36. The van der Waals surface area contributed by atoms with Crippen LogP contribution < -0.4 is 9.62 Å². The lowest BCUT2D eigenvalue weighted by atomic mass is 9.83. The van der Waals surface area contributed by atoms with Crippen molar-refractivity contribution in [1.29, 1.82) is 0 Å². The largest absolute Gasteiger partial charge is 0.477 e. The number of sulfonamides is 2. The maximum Gasteiger partial charge on any atom is 0.348 e. The summed E-state index contributed by atoms with van der Waals surface area (Å²) in [4.78, 5) is 14.2. The Morgan fingerprint density at radius 3 is 2.45 bits per heavy atom. The van der Waals surface area contributed by atoms with E-state index in [9.17, 15) is 26.7 Å². The molecule has 0 bridgehead atoms. The Bertz CT molecular complexity index is 1690. The Morgan fingerprint density at radius 1 is 1.12 bits per heavy atom. The number of carbonyl (C=O) groups is 1. The van der Waals surface area contributed by atoms with Crippen LogP contribution in [0.15, 0.2) is 53.4 Å². The van der Waals surface area contributed by atoms with Gasteiger partial charge < -0.3 is 10.0 Å². The van der Waals surface area contributed by atoms with E-state index in [2.05, 4.69) is 4.72 Å². The number of likely N-dealkylation sites (N-methyl/N-ethyl adjacent to an activating group) is 1. The Kier molecular flexibility index (Phi) is 8.92. The number of anilines is 3. The number of para-hydroxylation sites is 1. The molecule has 1 atom stereocenters. The predicted octanol–water partition coefficient (Wildman–Crippen LogP) is 6.64. The van der Waals surface area contributed by atoms with Crippen molar-refractivity contribution >= 4 is 66.0 Å². The van der Waals surface area contributed by atoms with Crippen molar-refractivity contribution in [2.75, 3.05) is 29.0 Å². The first kappa shape index (κ1) is 30.8. The van der Waals surface area contributed by atoms with Gasteiger partial charge in [0.25, 0.3) is 0 Å². The molecule has 9 nitrogen and oxygen atoms in total. The van der Waals surface area contributed by atoms with Crippen molar-refractivity contribution in [3.05, 3.63) is 58.4 Å². The molecule has 0 amide bonds. The number of hydrogen-bond acceptors (Lipinski definition) is 7. The van der Waals surface area contributed by atoms with Gasteiger partial charge in [-0.05, 0) is 55.5 Å². The molecule has 1 fully saturated rings. The van der Waals surface area contributed by atoms with Gasteiger partial charge in [0.1, 0.15) is 9.77 Å². The molecule has 1 aromatic heterocycles. The van der Waals surface area contributed by atoms with Crippen molar-refractivity contribution in [2.45, 2.75) is 56.4 Å². The molecular formula is C29H34ClN3O6S3. The molecule has 1 aliphatic heterocycles. The van der Waals surface area contributed by atoms with Crippen molar-refractivity contribution in [1.82, 2.24) is 4.31 Å². The smallest absolute Gasteiger partial charge is 0.348 e. The minimum Gasteiger partial charge on any atom is -0.477 e. The summed E-state index contributed by atoms with van der Waals surface area (Å²) in [6, 6.07) is 13.9. The third kappa shape index (κ3) is 6.05. The highest BCUT2D eigenvalue weighted by molar-refractivity contribution is 7.92. The second kappa shape index (κ2) is 12.2. The first-order chi connectivity index (χ1) is 19.9. The number of nitrogens with zero attached hydrogens (tertiary/aromatic N) is 2. The third-order valence-corrected chi connectivity index (χ3v) is 12.9. The zero-order valence-corrected chi connectivity index (χ0v) is 26.6. The van der Waals surface area contributed by atoms with Crippen LogP contribution in [-0.4, -0.2) is 57.6 Å². The van der Waals surface area contributed by atoms with Gasteiger partial charge in [0, 0.05) is 35.8 Å². The van der Waals surface area contributed by atoms with Crippen molar-refractivity contribution < 1.29 is 26.7 Å². The maximum absolute atomic E-state index is 14.3. The number of carboxylic acid groups (broad SMARTS) is 1. The quantitative estimate of drug-likeness (QED) is 0.280. The molecule has 0 unspecified atom stereocenters. The minimum absolute atomic E-state index is 0.0601. The highest BCUT2D eigenvalue weighted by Gasteiger charge is 2.41. The lowest BCUT2D eigenvalue weighted by molar-refractivity contribution is 0.0703. The second-order valence-electron chi connectivity index (χ2n) is 10.8. The van der Waals surface area contributed by atoms with Gasteiger partial charge in [0.2, 0.25) is 20.0 Å². The van der Waals surface area contributed by atoms with Gasteiger partial charge in [0.05, 0.1) is 22.2 Å². The zero-order valence-electron chi connectivity index (χ0n) is 23.4. The van der Waals surface area contributed by atoms with E-state index in [0.29, 0.717) is 29.1 Å². The number of thiophene rings is 1. The molecule has 1 aliphatic carbocycles. The van der Waals surface area contributed by atoms with Crippen LogP contribution >= 0.6 is 22.9 Å². The molecule has 2 N–H and O–H groups in total. The number of carboxylic acids is 1. The Morgan fingerprint density at radius 2 is 1.81 bits per heavy atom. The topological polar surface area (TPSA) is 124 Å². The normalized spacial score (nSPS) is 19.7. The average molecular weight is 652 g/mol. The third-order valence-electron chi connectivity index (χ3n) is 8.03. The van der Waals surface area contributed by atoms with Gasteiger partial charge >= 0.3 is 5.97 Å². The van der Waals surface area contributed by atoms with Gasteiger partial charge in [-0.25, -0.2) is 21.6 Å². The number of fused-ring (bicyclic) bond motifs is 1. The van der Waals surface area contributed by atoms with Crippen molar-refractivity contribution in [3.8, 4) is 10.4 Å². The highest BCUT2D eigenvalue weighted by atomic mass is 35.5. The van der Waals surface area contributed by atoms with Crippen LogP contribution in [0.3, 0.4) is 0 Å². The van der Waals surface area contributed by atoms with Crippen molar-refractivity contribution in [2.24, 2.45) is 5.92 Å². The molecule has 2 aliphatic rings. The summed E-state index contributed by atoms with van der Waals surface area (Å²) < 4.78 is 57.3. The first-order valence-corrected chi connectivity index (χ1v) is 18.2. The summed E-state index contributed by atoms with van der Waals surface area (Å²) in [6.45, 7) is 2.17. The monoisotopic (exact) mass is 651 g/mol. The number of benzene rings is 2. The summed E-state index contributed by atoms with van der Waals surface area (Å²) >= 11 is 7.66. The summed E-state index contributed by atoms with van der Waals surface area (Å²) in [6.07, 6.45) is 5.56. The highest BCUT2D eigenvalue weighted by Crippen LogP contribution is 2.46. The van der Waals surface area contributed by atoms with Gasteiger partial charge in [0.15, 0.2) is 0 Å². The van der Waals surface area contributed by atoms with Crippen molar-refractivity contribution in [3.63, 3.8) is 0 Å². The Balaban J connectivity index is 1.67. The van der Waals surface area contributed by atoms with Gasteiger partial charge in [-0.15, -0.1) is 11.3 Å². The number of aromatic carboxylic acids is 1. The molecule has 226 valence electrons. The molecule has 42 heavy (non-hydrogen) atoms. The van der Waals surface area contributed by atoms with E-state index < -0.39 is 26.0 Å². The SMILES string of the molecule is CCCS(=O)(=O)Nc1cc(-c2cc3c(cc2Cl)N(c2ccccc2)C[C@@H](C2CCCCC2)N(C)S3(=O)=O)sc1C(=O)O. The molecule has 3 aromatic rings. The predicted molar refractivity (Wildman–Crippen MR) is 168 cm³/mol. The van der Waals surface area contributed by atoms with E-state index in [4.69, 9.17) is 11.6 Å². The fraction of sp³-hybridized carbons (Fsp3) is 0.414. The molecule has 0 saturated heterocycles. The van der Waals surface area contributed by atoms with E-state index in [1.807, 2.05) is 35.2 Å². The summed E-state index contributed by atoms with van der Waals surface area (Å²) in [5.74, 6) is -1.26. The molecule has 2 aromatic carbocycles. The Hall–Kier alpha value is -2.64. The van der Waals surface area contributed by atoms with Crippen LogP contribution in [0.4, 0.5) is 17.1 Å². The first-order valence-electron chi connectivity index (χ1n) is 13.9. The van der Waals surface area contributed by atoms with Gasteiger partial charge in [-0.2, -0.15) is 4.31 Å². The molecule has 2 heterocycles. The molecule has 13 heteroatoms. The molecule has 5 rings (SSSR count). The fourth-order valence-corrected chi connectivity index (χ4v) is 10.1. The van der Waals surface area contributed by atoms with Gasteiger partial charge in [-0.1, -0.05) is 56.0 Å². The fourth-order valence-electron chi connectivity index (χ4n) is 5.95. The summed E-state index contributed by atoms with van der Waals surface area (Å²) in [7, 11) is -6.12. The molecule has 1 saturated carbocycles. The lowest BCUT2D eigenvalue weighted by Crippen LogP contribution is -2.46. The molecular weight excluding hydrogens is 618 g/mol. The summed E-state index contributed by atoms with van der Waals surface area (Å²) in [5, 5.41) is 10.0. The van der Waals surface area contributed by atoms with Crippen LogP contribution in [-0.2, 0) is 20.0 Å². The molecule has 0 spiro atoms.